The molecule has 30 heavy (non-hydrogen) atoms. The van der Waals surface area contributed by atoms with Crippen LogP contribution in [0.15, 0.2) is 77.9 Å². The van der Waals surface area contributed by atoms with Crippen molar-refractivity contribution in [3.8, 4) is 0 Å². The van der Waals surface area contributed by atoms with Gasteiger partial charge in [-0.15, -0.1) is 0 Å². The Hall–Kier alpha value is -3.51. The number of benzene rings is 2. The number of nitrogens with zero attached hydrogens (tertiary/aromatic N) is 3. The molecular weight excluding hydrogens is 400 g/mol. The number of halogens is 1. The van der Waals surface area contributed by atoms with Gasteiger partial charge in [0.15, 0.2) is 0 Å². The molecule has 0 aliphatic heterocycles. The lowest BCUT2D eigenvalue weighted by molar-refractivity contribution is -0.122. The Morgan fingerprint density at radius 1 is 0.967 bits per heavy atom. The smallest absolute Gasteiger partial charge is 0.275 e. The molecule has 0 saturated carbocycles. The summed E-state index contributed by atoms with van der Waals surface area (Å²) >= 11 is 5.98. The Morgan fingerprint density at radius 2 is 1.73 bits per heavy atom. The molecule has 0 aliphatic carbocycles. The molecule has 0 unspecified atom stereocenters. The Labute approximate surface area is 178 Å². The number of aromatic nitrogens is 3. The number of nitrogens with one attached hydrogen (secondary N) is 1. The van der Waals surface area contributed by atoms with Gasteiger partial charge in [-0.05, 0) is 41.5 Å². The van der Waals surface area contributed by atoms with Crippen LogP contribution in [0.1, 0.15) is 16.8 Å². The lowest BCUT2D eigenvalue weighted by Gasteiger charge is -2.12. The van der Waals surface area contributed by atoms with Gasteiger partial charge in [0.25, 0.3) is 5.56 Å². The molecule has 0 atom stereocenters. The quantitative estimate of drug-likeness (QED) is 0.521. The van der Waals surface area contributed by atoms with Crippen LogP contribution in [0.25, 0.3) is 10.8 Å². The minimum atomic E-state index is -0.297. The van der Waals surface area contributed by atoms with Crippen LogP contribution in [0.3, 0.4) is 0 Å². The molecule has 4 rings (SSSR count). The fourth-order valence-electron chi connectivity index (χ4n) is 3.28. The number of carbonyl (C=O) groups is 1. The van der Waals surface area contributed by atoms with Crippen molar-refractivity contribution in [1.29, 1.82) is 0 Å². The summed E-state index contributed by atoms with van der Waals surface area (Å²) < 4.78 is 1.23. The van der Waals surface area contributed by atoms with Gasteiger partial charge in [0.05, 0.1) is 11.1 Å². The van der Waals surface area contributed by atoms with Crippen molar-refractivity contribution >= 4 is 28.3 Å². The van der Waals surface area contributed by atoms with Crippen LogP contribution in [0.2, 0.25) is 5.02 Å². The van der Waals surface area contributed by atoms with Crippen LogP contribution in [0, 0.1) is 0 Å². The zero-order chi connectivity index (χ0) is 20.9. The standard InChI is InChI=1S/C23H19ClN4O2/c24-18-5-3-4-17(12-18)14-26-22(29)15-28-23(30)20-7-2-1-6-19(20)21(27-28)13-16-8-10-25-11-9-16/h1-12H,13-15H2,(H,26,29). The third-order valence-electron chi connectivity index (χ3n) is 4.74. The Bertz CT molecular complexity index is 1260. The molecule has 150 valence electrons. The maximum atomic E-state index is 12.9. The molecule has 2 heterocycles. The summed E-state index contributed by atoms with van der Waals surface area (Å²) in [5, 5.41) is 9.25. The fourth-order valence-corrected chi connectivity index (χ4v) is 3.49. The highest BCUT2D eigenvalue weighted by atomic mass is 35.5. The highest BCUT2D eigenvalue weighted by molar-refractivity contribution is 6.30. The number of hydrogen-bond donors (Lipinski definition) is 1. The van der Waals surface area contributed by atoms with Crippen LogP contribution in [-0.4, -0.2) is 20.7 Å². The van der Waals surface area contributed by atoms with Gasteiger partial charge in [-0.25, -0.2) is 4.68 Å². The molecule has 0 fully saturated rings. The van der Waals surface area contributed by atoms with E-state index in [2.05, 4.69) is 15.4 Å². The number of hydrogen-bond acceptors (Lipinski definition) is 4. The summed E-state index contributed by atoms with van der Waals surface area (Å²) in [6.07, 6.45) is 3.97. The van der Waals surface area contributed by atoms with Crippen molar-refractivity contribution in [2.75, 3.05) is 0 Å². The molecule has 0 aliphatic rings. The second-order valence-electron chi connectivity index (χ2n) is 6.89. The van der Waals surface area contributed by atoms with Crippen LogP contribution < -0.4 is 10.9 Å². The average Bonchev–Trinajstić information content (AvgIpc) is 2.76. The SMILES string of the molecule is O=C(Cn1nc(Cc2ccncc2)c2ccccc2c1=O)NCc1cccc(Cl)c1. The van der Waals surface area contributed by atoms with E-state index in [9.17, 15) is 9.59 Å². The van der Waals surface area contributed by atoms with Gasteiger partial charge in [0.2, 0.25) is 5.91 Å². The number of carbonyl (C=O) groups excluding carboxylic acids is 1. The van der Waals surface area contributed by atoms with E-state index < -0.39 is 0 Å². The van der Waals surface area contributed by atoms with Gasteiger partial charge in [0.1, 0.15) is 6.54 Å². The van der Waals surface area contributed by atoms with E-state index in [0.29, 0.717) is 23.4 Å². The summed E-state index contributed by atoms with van der Waals surface area (Å²) in [4.78, 5) is 29.4. The summed E-state index contributed by atoms with van der Waals surface area (Å²) in [5.41, 5.74) is 2.35. The summed E-state index contributed by atoms with van der Waals surface area (Å²) in [6.45, 7) is 0.166. The predicted octanol–water partition coefficient (Wildman–Crippen LogP) is 3.35. The molecule has 0 spiro atoms. The second-order valence-corrected chi connectivity index (χ2v) is 7.33. The van der Waals surface area contributed by atoms with Gasteiger partial charge >= 0.3 is 0 Å². The van der Waals surface area contributed by atoms with Crippen molar-refractivity contribution in [3.05, 3.63) is 105 Å². The van der Waals surface area contributed by atoms with E-state index in [0.717, 1.165) is 22.2 Å². The second kappa shape index (κ2) is 8.88. The number of fused-ring (bicyclic) bond motifs is 1. The molecule has 1 N–H and O–H groups in total. The molecular formula is C23H19ClN4O2. The molecule has 0 bridgehead atoms. The largest absolute Gasteiger partial charge is 0.350 e. The van der Waals surface area contributed by atoms with Crippen molar-refractivity contribution in [1.82, 2.24) is 20.1 Å². The van der Waals surface area contributed by atoms with Gasteiger partial charge in [-0.2, -0.15) is 5.10 Å². The van der Waals surface area contributed by atoms with E-state index in [1.54, 1.807) is 30.6 Å². The molecule has 7 heteroatoms. The number of rotatable bonds is 6. The first-order chi connectivity index (χ1) is 14.6. The predicted molar refractivity (Wildman–Crippen MR) is 116 cm³/mol. The van der Waals surface area contributed by atoms with Crippen molar-refractivity contribution in [2.24, 2.45) is 0 Å². The first-order valence-electron chi connectivity index (χ1n) is 9.49. The zero-order valence-electron chi connectivity index (χ0n) is 16.1. The maximum absolute atomic E-state index is 12.9. The van der Waals surface area contributed by atoms with Crippen LogP contribution in [-0.2, 0) is 24.3 Å². The van der Waals surface area contributed by atoms with Crippen molar-refractivity contribution in [3.63, 3.8) is 0 Å². The van der Waals surface area contributed by atoms with Gasteiger partial charge in [-0.1, -0.05) is 41.9 Å². The maximum Gasteiger partial charge on any atom is 0.275 e. The fraction of sp³-hybridized carbons (Fsp3) is 0.130. The summed E-state index contributed by atoms with van der Waals surface area (Å²) in [5.74, 6) is -0.297. The summed E-state index contributed by atoms with van der Waals surface area (Å²) in [7, 11) is 0. The Balaban J connectivity index is 1.59. The summed E-state index contributed by atoms with van der Waals surface area (Å²) in [6, 6.07) is 18.4. The van der Waals surface area contributed by atoms with Gasteiger partial charge in [0, 0.05) is 35.8 Å². The molecule has 0 saturated heterocycles. The first-order valence-corrected chi connectivity index (χ1v) is 9.87. The van der Waals surface area contributed by atoms with Crippen molar-refractivity contribution in [2.45, 2.75) is 19.5 Å². The van der Waals surface area contributed by atoms with Crippen LogP contribution in [0.5, 0.6) is 0 Å². The minimum Gasteiger partial charge on any atom is -0.350 e. The molecule has 2 aromatic heterocycles. The minimum absolute atomic E-state index is 0.159. The van der Waals surface area contributed by atoms with E-state index in [4.69, 9.17) is 11.6 Å². The highest BCUT2D eigenvalue weighted by Gasteiger charge is 2.13. The van der Waals surface area contributed by atoms with E-state index in [1.807, 2.05) is 42.5 Å². The Morgan fingerprint density at radius 3 is 2.50 bits per heavy atom. The van der Waals surface area contributed by atoms with Gasteiger partial charge in [-0.3, -0.25) is 14.6 Å². The lowest BCUT2D eigenvalue weighted by Crippen LogP contribution is -2.34. The lowest BCUT2D eigenvalue weighted by atomic mass is 10.1. The molecule has 4 aromatic rings. The molecule has 0 radical (unpaired) electrons. The normalized spacial score (nSPS) is 10.8. The molecule has 1 amide bonds. The first kappa shape index (κ1) is 19.8. The topological polar surface area (TPSA) is 76.9 Å². The van der Waals surface area contributed by atoms with E-state index in [1.165, 1.54) is 4.68 Å². The highest BCUT2D eigenvalue weighted by Crippen LogP contribution is 2.16. The van der Waals surface area contributed by atoms with E-state index in [-0.39, 0.29) is 18.0 Å². The van der Waals surface area contributed by atoms with Crippen molar-refractivity contribution < 1.29 is 4.79 Å². The van der Waals surface area contributed by atoms with E-state index >= 15 is 0 Å². The molecule has 2 aromatic carbocycles. The Kier molecular flexibility index (Phi) is 5.86. The monoisotopic (exact) mass is 418 g/mol. The van der Waals surface area contributed by atoms with Gasteiger partial charge < -0.3 is 5.32 Å². The number of pyridine rings is 1. The number of amides is 1. The average molecular weight is 419 g/mol. The van der Waals surface area contributed by atoms with Crippen LogP contribution in [0.4, 0.5) is 0 Å². The third-order valence-corrected chi connectivity index (χ3v) is 4.97. The van der Waals surface area contributed by atoms with Crippen LogP contribution >= 0.6 is 11.6 Å². The zero-order valence-corrected chi connectivity index (χ0v) is 16.8. The third kappa shape index (κ3) is 4.55. The molecule has 6 nitrogen and oxygen atoms in total.